The quantitative estimate of drug-likeness (QED) is 0.350. The lowest BCUT2D eigenvalue weighted by molar-refractivity contribution is -0.128. The summed E-state index contributed by atoms with van der Waals surface area (Å²) in [4.78, 5) is 18.4. The summed E-state index contributed by atoms with van der Waals surface area (Å²) < 4.78 is 5.73. The van der Waals surface area contributed by atoms with E-state index >= 15 is 0 Å². The zero-order valence-electron chi connectivity index (χ0n) is 18.3. The third-order valence-corrected chi connectivity index (χ3v) is 5.11. The minimum atomic E-state index is 0.256. The standard InChI is InChI=1S/C25H32N4O2/c1-3-16-31-23-9-6-5-8-22(23)18-28-25(26-4-2)27-17-20-11-13-21(14-12-20)19-29-15-7-10-24(29)30/h3,5-6,8-9,11-14H,1,4,7,10,15-19H2,2H3,(H2,26,27,28). The van der Waals surface area contributed by atoms with E-state index < -0.39 is 0 Å². The summed E-state index contributed by atoms with van der Waals surface area (Å²) >= 11 is 0. The van der Waals surface area contributed by atoms with Crippen LogP contribution in [0.1, 0.15) is 36.5 Å². The molecule has 6 nitrogen and oxygen atoms in total. The van der Waals surface area contributed by atoms with Crippen LogP contribution >= 0.6 is 0 Å². The van der Waals surface area contributed by atoms with E-state index in [1.807, 2.05) is 36.1 Å². The van der Waals surface area contributed by atoms with Gasteiger partial charge in [-0.1, -0.05) is 55.1 Å². The average Bonchev–Trinajstić information content (AvgIpc) is 3.20. The van der Waals surface area contributed by atoms with Gasteiger partial charge in [-0.25, -0.2) is 4.99 Å². The topological polar surface area (TPSA) is 66.0 Å². The van der Waals surface area contributed by atoms with Crippen molar-refractivity contribution in [3.8, 4) is 5.75 Å². The predicted octanol–water partition coefficient (Wildman–Crippen LogP) is 3.63. The molecule has 0 spiro atoms. The van der Waals surface area contributed by atoms with Crippen LogP contribution in [0.25, 0.3) is 0 Å². The fraction of sp³-hybridized carbons (Fsp3) is 0.360. The van der Waals surface area contributed by atoms with Gasteiger partial charge in [-0.15, -0.1) is 0 Å². The number of hydrogen-bond acceptors (Lipinski definition) is 3. The van der Waals surface area contributed by atoms with Crippen LogP contribution in [0.5, 0.6) is 5.75 Å². The van der Waals surface area contributed by atoms with Crippen molar-refractivity contribution < 1.29 is 9.53 Å². The summed E-state index contributed by atoms with van der Waals surface area (Å²) in [6, 6.07) is 16.3. The third-order valence-electron chi connectivity index (χ3n) is 5.11. The molecular weight excluding hydrogens is 388 g/mol. The fourth-order valence-corrected chi connectivity index (χ4v) is 3.47. The number of ether oxygens (including phenoxy) is 1. The van der Waals surface area contributed by atoms with Crippen molar-refractivity contribution >= 4 is 11.9 Å². The maximum Gasteiger partial charge on any atom is 0.222 e. The first-order valence-electron chi connectivity index (χ1n) is 10.9. The molecule has 1 aliphatic heterocycles. The Balaban J connectivity index is 1.57. The van der Waals surface area contributed by atoms with Crippen LogP contribution in [0.15, 0.2) is 66.2 Å². The van der Waals surface area contributed by atoms with Crippen LogP contribution in [0.3, 0.4) is 0 Å². The van der Waals surface area contributed by atoms with Crippen molar-refractivity contribution in [1.29, 1.82) is 0 Å². The Hall–Kier alpha value is -3.28. The second-order valence-electron chi connectivity index (χ2n) is 7.49. The number of amides is 1. The van der Waals surface area contributed by atoms with E-state index in [4.69, 9.17) is 9.73 Å². The van der Waals surface area contributed by atoms with Crippen molar-refractivity contribution in [2.24, 2.45) is 4.99 Å². The van der Waals surface area contributed by atoms with Crippen molar-refractivity contribution in [3.63, 3.8) is 0 Å². The number of guanidine groups is 1. The molecule has 0 saturated carbocycles. The molecular formula is C25H32N4O2. The van der Waals surface area contributed by atoms with Crippen molar-refractivity contribution in [2.75, 3.05) is 19.7 Å². The molecule has 1 saturated heterocycles. The molecule has 1 aliphatic rings. The number of carbonyl (C=O) groups excluding carboxylic acids is 1. The maximum atomic E-state index is 11.8. The highest BCUT2D eigenvalue weighted by Gasteiger charge is 2.19. The van der Waals surface area contributed by atoms with Gasteiger partial charge in [-0.05, 0) is 30.5 Å². The SMILES string of the molecule is C=CCOc1ccccc1CNC(=NCc1ccc(CN2CCCC2=O)cc1)NCC. The first-order valence-corrected chi connectivity index (χ1v) is 10.9. The lowest BCUT2D eigenvalue weighted by Gasteiger charge is -2.16. The van der Waals surface area contributed by atoms with Gasteiger partial charge < -0.3 is 20.3 Å². The fourth-order valence-electron chi connectivity index (χ4n) is 3.47. The predicted molar refractivity (Wildman–Crippen MR) is 125 cm³/mol. The molecule has 0 aliphatic carbocycles. The average molecular weight is 421 g/mol. The minimum absolute atomic E-state index is 0.256. The largest absolute Gasteiger partial charge is 0.489 e. The maximum absolute atomic E-state index is 11.8. The van der Waals surface area contributed by atoms with Crippen LogP contribution in [0.4, 0.5) is 0 Å². The Morgan fingerprint density at radius 2 is 1.94 bits per heavy atom. The van der Waals surface area contributed by atoms with Gasteiger partial charge in [0.25, 0.3) is 0 Å². The van der Waals surface area contributed by atoms with Gasteiger partial charge in [0.15, 0.2) is 5.96 Å². The van der Waals surface area contributed by atoms with Gasteiger partial charge in [0.05, 0.1) is 6.54 Å². The lowest BCUT2D eigenvalue weighted by Crippen LogP contribution is -2.36. The minimum Gasteiger partial charge on any atom is -0.489 e. The Bertz CT molecular complexity index is 893. The zero-order chi connectivity index (χ0) is 21.9. The Morgan fingerprint density at radius 1 is 1.16 bits per heavy atom. The number of hydrogen-bond donors (Lipinski definition) is 2. The highest BCUT2D eigenvalue weighted by Crippen LogP contribution is 2.18. The molecule has 31 heavy (non-hydrogen) atoms. The first kappa shape index (κ1) is 22.4. The summed E-state index contributed by atoms with van der Waals surface area (Å²) in [5.74, 6) is 1.86. The second kappa shape index (κ2) is 11.8. The Morgan fingerprint density at radius 3 is 2.65 bits per heavy atom. The first-order chi connectivity index (χ1) is 15.2. The van der Waals surface area contributed by atoms with E-state index in [0.29, 0.717) is 32.7 Å². The number of para-hydroxylation sites is 1. The summed E-state index contributed by atoms with van der Waals surface area (Å²) in [5, 5.41) is 6.67. The monoisotopic (exact) mass is 420 g/mol. The van der Waals surface area contributed by atoms with Gasteiger partial charge in [0.2, 0.25) is 5.91 Å². The molecule has 164 valence electrons. The van der Waals surface area contributed by atoms with Crippen molar-refractivity contribution in [1.82, 2.24) is 15.5 Å². The van der Waals surface area contributed by atoms with E-state index in [1.54, 1.807) is 6.08 Å². The van der Waals surface area contributed by atoms with Gasteiger partial charge in [-0.3, -0.25) is 4.79 Å². The van der Waals surface area contributed by atoms with Gasteiger partial charge in [0.1, 0.15) is 12.4 Å². The van der Waals surface area contributed by atoms with Crippen molar-refractivity contribution in [3.05, 3.63) is 77.9 Å². The molecule has 0 radical (unpaired) electrons. The third kappa shape index (κ3) is 6.88. The van der Waals surface area contributed by atoms with Gasteiger partial charge in [0, 0.05) is 38.2 Å². The molecule has 2 aromatic carbocycles. The summed E-state index contributed by atoms with van der Waals surface area (Å²) in [7, 11) is 0. The molecule has 0 atom stereocenters. The number of benzene rings is 2. The Labute approximate surface area is 185 Å². The highest BCUT2D eigenvalue weighted by molar-refractivity contribution is 5.79. The second-order valence-corrected chi connectivity index (χ2v) is 7.49. The van der Waals surface area contributed by atoms with E-state index in [-0.39, 0.29) is 5.91 Å². The molecule has 2 N–H and O–H groups in total. The van der Waals surface area contributed by atoms with Crippen LogP contribution in [-0.4, -0.2) is 36.5 Å². The molecule has 2 aromatic rings. The number of likely N-dealkylation sites (tertiary alicyclic amines) is 1. The number of aliphatic imine (C=N–C) groups is 1. The smallest absolute Gasteiger partial charge is 0.222 e. The molecule has 1 amide bonds. The molecule has 3 rings (SSSR count). The number of nitrogens with one attached hydrogen (secondary N) is 2. The molecule has 0 unspecified atom stereocenters. The van der Waals surface area contributed by atoms with Crippen LogP contribution in [0, 0.1) is 0 Å². The summed E-state index contributed by atoms with van der Waals surface area (Å²) in [5.41, 5.74) is 3.35. The van der Waals surface area contributed by atoms with E-state index in [0.717, 1.165) is 47.9 Å². The summed E-state index contributed by atoms with van der Waals surface area (Å²) in [6.45, 7) is 9.76. The van der Waals surface area contributed by atoms with Crippen LogP contribution in [-0.2, 0) is 24.4 Å². The molecule has 1 fully saturated rings. The van der Waals surface area contributed by atoms with Crippen LogP contribution < -0.4 is 15.4 Å². The van der Waals surface area contributed by atoms with Crippen molar-refractivity contribution in [2.45, 2.75) is 39.4 Å². The van der Waals surface area contributed by atoms with E-state index in [2.05, 4.69) is 41.5 Å². The van der Waals surface area contributed by atoms with E-state index in [1.165, 1.54) is 0 Å². The number of nitrogens with zero attached hydrogens (tertiary/aromatic N) is 2. The lowest BCUT2D eigenvalue weighted by atomic mass is 10.1. The molecule has 6 heteroatoms. The summed E-state index contributed by atoms with van der Waals surface area (Å²) in [6.07, 6.45) is 3.39. The van der Waals surface area contributed by atoms with Gasteiger partial charge >= 0.3 is 0 Å². The number of carbonyl (C=O) groups is 1. The zero-order valence-corrected chi connectivity index (χ0v) is 18.3. The highest BCUT2D eigenvalue weighted by atomic mass is 16.5. The van der Waals surface area contributed by atoms with E-state index in [9.17, 15) is 4.79 Å². The Kier molecular flexibility index (Phi) is 8.52. The van der Waals surface area contributed by atoms with Gasteiger partial charge in [-0.2, -0.15) is 0 Å². The molecule has 0 bridgehead atoms. The molecule has 1 heterocycles. The number of rotatable bonds is 10. The molecule has 0 aromatic heterocycles. The van der Waals surface area contributed by atoms with Crippen LogP contribution in [0.2, 0.25) is 0 Å². The normalized spacial score (nSPS) is 13.9.